The van der Waals surface area contributed by atoms with E-state index in [1.807, 2.05) is 0 Å². The maximum Gasteiger partial charge on any atom is 0.251 e. The first-order chi connectivity index (χ1) is 8.56. The van der Waals surface area contributed by atoms with Crippen LogP contribution in [0.1, 0.15) is 16.2 Å². The van der Waals surface area contributed by atoms with Crippen LogP contribution in [0.15, 0.2) is 18.5 Å². The highest BCUT2D eigenvalue weighted by Gasteiger charge is 2.09. The molecule has 0 aliphatic carbocycles. The van der Waals surface area contributed by atoms with Crippen LogP contribution >= 0.6 is 11.6 Å². The van der Waals surface area contributed by atoms with E-state index in [9.17, 15) is 4.79 Å². The number of nitrogens with one attached hydrogen (secondary N) is 1. The van der Waals surface area contributed by atoms with Gasteiger partial charge in [0.1, 0.15) is 17.3 Å². The average molecular weight is 267 g/mol. The van der Waals surface area contributed by atoms with Crippen molar-refractivity contribution in [3.8, 4) is 0 Å². The van der Waals surface area contributed by atoms with Crippen molar-refractivity contribution in [2.45, 2.75) is 6.54 Å². The molecule has 0 radical (unpaired) electrons. The average Bonchev–Trinajstić information content (AvgIpc) is 2.70. The summed E-state index contributed by atoms with van der Waals surface area (Å²) in [6.07, 6.45) is 1.56. The molecule has 18 heavy (non-hydrogen) atoms. The molecule has 2 rings (SSSR count). The lowest BCUT2D eigenvalue weighted by molar-refractivity contribution is 0.0949. The predicted molar refractivity (Wildman–Crippen MR) is 65.8 cm³/mol. The summed E-state index contributed by atoms with van der Waals surface area (Å²) in [5, 5.41) is 10.4. The molecule has 7 nitrogen and oxygen atoms in total. The van der Waals surface area contributed by atoms with Crippen LogP contribution in [0.4, 0.5) is 5.82 Å². The minimum Gasteiger partial charge on any atom is -0.384 e. The van der Waals surface area contributed by atoms with E-state index in [-0.39, 0.29) is 23.4 Å². The first-order valence-corrected chi connectivity index (χ1v) is 5.48. The van der Waals surface area contributed by atoms with Crippen LogP contribution in [-0.4, -0.2) is 25.7 Å². The minimum atomic E-state index is -0.297. The number of pyridine rings is 1. The van der Waals surface area contributed by atoms with Gasteiger partial charge in [-0.15, -0.1) is 10.2 Å². The highest BCUT2D eigenvalue weighted by Crippen LogP contribution is 2.12. The highest BCUT2D eigenvalue weighted by atomic mass is 35.5. The molecule has 3 N–H and O–H groups in total. The summed E-state index contributed by atoms with van der Waals surface area (Å²) in [7, 11) is 1.79. The number of hydrogen-bond donors (Lipinski definition) is 2. The Balaban J connectivity index is 2.06. The molecule has 0 unspecified atom stereocenters. The van der Waals surface area contributed by atoms with E-state index in [1.54, 1.807) is 17.9 Å². The van der Waals surface area contributed by atoms with Gasteiger partial charge in [-0.05, 0) is 12.1 Å². The van der Waals surface area contributed by atoms with Gasteiger partial charge in [0.25, 0.3) is 5.91 Å². The summed E-state index contributed by atoms with van der Waals surface area (Å²) in [6.45, 7) is 0.273. The second-order valence-electron chi connectivity index (χ2n) is 3.64. The van der Waals surface area contributed by atoms with Crippen LogP contribution in [0.25, 0.3) is 0 Å². The van der Waals surface area contributed by atoms with Gasteiger partial charge in [0.2, 0.25) is 0 Å². The van der Waals surface area contributed by atoms with Crippen LogP contribution in [0, 0.1) is 0 Å². The van der Waals surface area contributed by atoms with Crippen molar-refractivity contribution in [2.75, 3.05) is 5.73 Å². The summed E-state index contributed by atoms with van der Waals surface area (Å²) in [6, 6.07) is 2.90. The molecule has 8 heteroatoms. The van der Waals surface area contributed by atoms with Crippen molar-refractivity contribution in [1.82, 2.24) is 25.1 Å². The number of amides is 1. The molecule has 0 saturated heterocycles. The predicted octanol–water partition coefficient (Wildman–Crippen LogP) is 0.376. The second-order valence-corrected chi connectivity index (χ2v) is 4.03. The second kappa shape index (κ2) is 5.01. The summed E-state index contributed by atoms with van der Waals surface area (Å²) >= 11 is 5.72. The molecule has 0 aliphatic heterocycles. The van der Waals surface area contributed by atoms with Gasteiger partial charge in [-0.25, -0.2) is 4.98 Å². The third-order valence-corrected chi connectivity index (χ3v) is 2.48. The Bertz CT molecular complexity index is 561. The normalized spacial score (nSPS) is 10.3. The highest BCUT2D eigenvalue weighted by molar-refractivity contribution is 6.29. The van der Waals surface area contributed by atoms with Gasteiger partial charge >= 0.3 is 0 Å². The van der Waals surface area contributed by atoms with Gasteiger partial charge in [0.15, 0.2) is 5.82 Å². The standard InChI is InChI=1S/C10H11ClN6O/c1-17-5-14-16-9(17)4-13-10(18)6-2-7(11)15-8(12)3-6/h2-3,5H,4H2,1H3,(H2,12,15)(H,13,18). The third kappa shape index (κ3) is 2.75. The lowest BCUT2D eigenvalue weighted by Crippen LogP contribution is -2.24. The number of rotatable bonds is 3. The van der Waals surface area contributed by atoms with E-state index in [0.29, 0.717) is 11.4 Å². The van der Waals surface area contributed by atoms with Gasteiger partial charge in [-0.3, -0.25) is 4.79 Å². The number of nitrogens with two attached hydrogens (primary N) is 1. The maximum absolute atomic E-state index is 11.8. The number of carbonyl (C=O) groups is 1. The number of halogens is 1. The maximum atomic E-state index is 11.8. The molecule has 0 aliphatic rings. The van der Waals surface area contributed by atoms with Crippen molar-refractivity contribution >= 4 is 23.3 Å². The lowest BCUT2D eigenvalue weighted by atomic mass is 10.2. The van der Waals surface area contributed by atoms with E-state index in [2.05, 4.69) is 20.5 Å². The third-order valence-electron chi connectivity index (χ3n) is 2.29. The number of nitrogen functional groups attached to an aromatic ring is 1. The van der Waals surface area contributed by atoms with Gasteiger partial charge in [0.05, 0.1) is 6.54 Å². The molecule has 0 bridgehead atoms. The van der Waals surface area contributed by atoms with Crippen molar-refractivity contribution < 1.29 is 4.79 Å². The fraction of sp³-hybridized carbons (Fsp3) is 0.200. The van der Waals surface area contributed by atoms with Crippen LogP contribution in [-0.2, 0) is 13.6 Å². The zero-order valence-electron chi connectivity index (χ0n) is 9.59. The zero-order chi connectivity index (χ0) is 13.1. The zero-order valence-corrected chi connectivity index (χ0v) is 10.3. The van der Waals surface area contributed by atoms with E-state index in [0.717, 1.165) is 0 Å². The van der Waals surface area contributed by atoms with Crippen molar-refractivity contribution in [3.63, 3.8) is 0 Å². The molecular weight excluding hydrogens is 256 g/mol. The molecule has 0 atom stereocenters. The van der Waals surface area contributed by atoms with Crippen LogP contribution in [0.5, 0.6) is 0 Å². The van der Waals surface area contributed by atoms with E-state index < -0.39 is 0 Å². The summed E-state index contributed by atoms with van der Waals surface area (Å²) in [5.74, 6) is 0.553. The molecule has 0 saturated carbocycles. The van der Waals surface area contributed by atoms with Crippen LogP contribution in [0.2, 0.25) is 5.15 Å². The van der Waals surface area contributed by atoms with Gasteiger partial charge < -0.3 is 15.6 Å². The molecule has 2 aromatic heterocycles. The largest absolute Gasteiger partial charge is 0.384 e. The molecule has 2 aromatic rings. The molecule has 0 spiro atoms. The summed E-state index contributed by atoms with van der Waals surface area (Å²) < 4.78 is 1.72. The van der Waals surface area contributed by atoms with Gasteiger partial charge in [-0.2, -0.15) is 0 Å². The van der Waals surface area contributed by atoms with E-state index in [4.69, 9.17) is 17.3 Å². The molecule has 1 amide bonds. The number of anilines is 1. The first kappa shape index (κ1) is 12.3. The Morgan fingerprint density at radius 3 is 2.94 bits per heavy atom. The Kier molecular flexibility index (Phi) is 3.42. The van der Waals surface area contributed by atoms with Crippen molar-refractivity contribution in [3.05, 3.63) is 35.0 Å². The minimum absolute atomic E-state index is 0.179. The number of aryl methyl sites for hydroxylation is 1. The number of nitrogens with zero attached hydrogens (tertiary/aromatic N) is 4. The van der Waals surface area contributed by atoms with Crippen LogP contribution < -0.4 is 11.1 Å². The lowest BCUT2D eigenvalue weighted by Gasteiger charge is -2.05. The quantitative estimate of drug-likeness (QED) is 0.783. The molecule has 2 heterocycles. The smallest absolute Gasteiger partial charge is 0.251 e. The first-order valence-electron chi connectivity index (χ1n) is 5.10. The topological polar surface area (TPSA) is 98.7 Å². The fourth-order valence-corrected chi connectivity index (χ4v) is 1.59. The van der Waals surface area contributed by atoms with E-state index >= 15 is 0 Å². The molecule has 94 valence electrons. The number of hydrogen-bond acceptors (Lipinski definition) is 5. The number of aromatic nitrogens is 4. The monoisotopic (exact) mass is 266 g/mol. The van der Waals surface area contributed by atoms with Crippen molar-refractivity contribution in [2.24, 2.45) is 7.05 Å². The summed E-state index contributed by atoms with van der Waals surface area (Å²) in [5.41, 5.74) is 5.87. The fourth-order valence-electron chi connectivity index (χ4n) is 1.38. The van der Waals surface area contributed by atoms with E-state index in [1.165, 1.54) is 12.1 Å². The molecule has 0 aromatic carbocycles. The molecular formula is C10H11ClN6O. The number of carbonyl (C=O) groups excluding carboxylic acids is 1. The Morgan fingerprint density at radius 2 is 2.33 bits per heavy atom. The Morgan fingerprint density at radius 1 is 1.56 bits per heavy atom. The Labute approximate surface area is 108 Å². The SMILES string of the molecule is Cn1cnnc1CNC(=O)c1cc(N)nc(Cl)c1. The summed E-state index contributed by atoms with van der Waals surface area (Å²) in [4.78, 5) is 15.6. The Hall–Kier alpha value is -2.15. The van der Waals surface area contributed by atoms with Crippen LogP contribution in [0.3, 0.4) is 0 Å². The van der Waals surface area contributed by atoms with Gasteiger partial charge in [0, 0.05) is 12.6 Å². The van der Waals surface area contributed by atoms with Crippen molar-refractivity contribution in [1.29, 1.82) is 0 Å². The molecule has 0 fully saturated rings. The van der Waals surface area contributed by atoms with Gasteiger partial charge in [-0.1, -0.05) is 11.6 Å².